The number of rotatable bonds is 4. The lowest BCUT2D eigenvalue weighted by Crippen LogP contribution is -2.12. The number of carbonyl (C=O) groups is 1. The highest BCUT2D eigenvalue weighted by molar-refractivity contribution is 6.05. The van der Waals surface area contributed by atoms with E-state index in [1.165, 1.54) is 12.8 Å². The first-order valence-corrected chi connectivity index (χ1v) is 8.58. The Labute approximate surface area is 145 Å². The van der Waals surface area contributed by atoms with Gasteiger partial charge in [0.05, 0.1) is 18.5 Å². The second-order valence-corrected chi connectivity index (χ2v) is 6.47. The zero-order valence-corrected chi connectivity index (χ0v) is 13.9. The molecule has 2 N–H and O–H groups in total. The summed E-state index contributed by atoms with van der Waals surface area (Å²) in [6, 6.07) is 9.39. The van der Waals surface area contributed by atoms with Gasteiger partial charge in [0.25, 0.3) is 5.91 Å². The highest BCUT2D eigenvalue weighted by atomic mass is 16.3. The summed E-state index contributed by atoms with van der Waals surface area (Å²) in [5, 5.41) is 12.0. The first-order valence-electron chi connectivity index (χ1n) is 8.58. The average Bonchev–Trinajstić information content (AvgIpc) is 3.30. The van der Waals surface area contributed by atoms with Crippen LogP contribution >= 0.6 is 0 Å². The second kappa shape index (κ2) is 6.64. The number of pyridine rings is 1. The molecule has 128 valence electrons. The number of fused-ring (bicyclic) bond motifs is 1. The standard InChI is InChI=1S/C19H20N4O2/c24-11-13-4-3-5-15(8-13)22-19(25)14-9-17-18(20-10-14)23(12-21-17)16-6-1-2-7-16/h3-5,8-10,12,16,24H,1-2,6-7,11H2,(H,22,25). The Morgan fingerprint density at radius 1 is 1.24 bits per heavy atom. The zero-order valence-electron chi connectivity index (χ0n) is 13.9. The number of imidazole rings is 1. The third-order valence-electron chi connectivity index (χ3n) is 4.76. The van der Waals surface area contributed by atoms with Crippen LogP contribution in [0, 0.1) is 0 Å². The number of nitrogens with zero attached hydrogens (tertiary/aromatic N) is 3. The Morgan fingerprint density at radius 3 is 2.88 bits per heavy atom. The molecular weight excluding hydrogens is 316 g/mol. The number of amides is 1. The smallest absolute Gasteiger partial charge is 0.257 e. The summed E-state index contributed by atoms with van der Waals surface area (Å²) in [6.07, 6.45) is 8.25. The van der Waals surface area contributed by atoms with Crippen LogP contribution in [0.15, 0.2) is 42.9 Å². The van der Waals surface area contributed by atoms with E-state index in [9.17, 15) is 9.90 Å². The fraction of sp³-hybridized carbons (Fsp3) is 0.316. The van der Waals surface area contributed by atoms with Crippen LogP contribution in [-0.4, -0.2) is 25.5 Å². The largest absolute Gasteiger partial charge is 0.392 e. The first kappa shape index (κ1) is 15.8. The number of nitrogens with one attached hydrogen (secondary N) is 1. The molecule has 1 amide bonds. The number of hydrogen-bond donors (Lipinski definition) is 2. The monoisotopic (exact) mass is 336 g/mol. The number of aliphatic hydroxyl groups is 1. The quantitative estimate of drug-likeness (QED) is 0.766. The minimum absolute atomic E-state index is 0.0597. The van der Waals surface area contributed by atoms with Crippen molar-refractivity contribution in [3.63, 3.8) is 0 Å². The summed E-state index contributed by atoms with van der Waals surface area (Å²) in [6.45, 7) is -0.0597. The molecule has 1 aliphatic carbocycles. The van der Waals surface area contributed by atoms with E-state index < -0.39 is 0 Å². The van der Waals surface area contributed by atoms with Gasteiger partial charge in [0.15, 0.2) is 5.65 Å². The van der Waals surface area contributed by atoms with Crippen molar-refractivity contribution in [1.29, 1.82) is 0 Å². The number of carbonyl (C=O) groups excluding carboxylic acids is 1. The van der Waals surface area contributed by atoms with E-state index in [2.05, 4.69) is 19.9 Å². The molecule has 6 heteroatoms. The molecule has 6 nitrogen and oxygen atoms in total. The van der Waals surface area contributed by atoms with Crippen molar-refractivity contribution < 1.29 is 9.90 Å². The Kier molecular flexibility index (Phi) is 4.19. The molecule has 0 unspecified atom stereocenters. The lowest BCUT2D eigenvalue weighted by Gasteiger charge is -2.11. The van der Waals surface area contributed by atoms with E-state index in [4.69, 9.17) is 0 Å². The molecule has 25 heavy (non-hydrogen) atoms. The molecule has 0 aliphatic heterocycles. The van der Waals surface area contributed by atoms with Crippen molar-refractivity contribution in [2.24, 2.45) is 0 Å². The fourth-order valence-corrected chi connectivity index (χ4v) is 3.44. The van der Waals surface area contributed by atoms with Crippen molar-refractivity contribution in [3.8, 4) is 0 Å². The van der Waals surface area contributed by atoms with Crippen molar-refractivity contribution >= 4 is 22.8 Å². The minimum atomic E-state index is -0.236. The molecule has 0 radical (unpaired) electrons. The van der Waals surface area contributed by atoms with Gasteiger partial charge in [-0.25, -0.2) is 9.97 Å². The van der Waals surface area contributed by atoms with Crippen LogP contribution in [0.25, 0.3) is 11.2 Å². The second-order valence-electron chi connectivity index (χ2n) is 6.47. The summed E-state index contributed by atoms with van der Waals surface area (Å²) in [4.78, 5) is 21.4. The minimum Gasteiger partial charge on any atom is -0.392 e. The van der Waals surface area contributed by atoms with Gasteiger partial charge >= 0.3 is 0 Å². The molecular formula is C19H20N4O2. The molecule has 4 rings (SSSR count). The Hall–Kier alpha value is -2.73. The number of benzene rings is 1. The van der Waals surface area contributed by atoms with Crippen LogP contribution in [0.2, 0.25) is 0 Å². The SMILES string of the molecule is O=C(Nc1cccc(CO)c1)c1cnc2c(c1)ncn2C1CCCC1. The Bertz CT molecular complexity index is 913. The molecule has 1 aromatic carbocycles. The van der Waals surface area contributed by atoms with Crippen molar-refractivity contribution in [3.05, 3.63) is 54.0 Å². The molecule has 2 aromatic heterocycles. The number of aliphatic hydroxyl groups excluding tert-OH is 1. The van der Waals surface area contributed by atoms with Crippen LogP contribution in [-0.2, 0) is 6.61 Å². The molecule has 0 atom stereocenters. The van der Waals surface area contributed by atoms with Crippen molar-refractivity contribution in [2.45, 2.75) is 38.3 Å². The van der Waals surface area contributed by atoms with Crippen LogP contribution in [0.1, 0.15) is 47.6 Å². The van der Waals surface area contributed by atoms with Gasteiger partial charge < -0.3 is 15.0 Å². The van der Waals surface area contributed by atoms with Crippen molar-refractivity contribution in [1.82, 2.24) is 14.5 Å². The lowest BCUT2D eigenvalue weighted by atomic mass is 10.2. The van der Waals surface area contributed by atoms with Gasteiger partial charge in [0.1, 0.15) is 5.52 Å². The fourth-order valence-electron chi connectivity index (χ4n) is 3.44. The van der Waals surface area contributed by atoms with Gasteiger partial charge in [-0.1, -0.05) is 25.0 Å². The van der Waals surface area contributed by atoms with Crippen LogP contribution in [0.4, 0.5) is 5.69 Å². The first-order chi connectivity index (χ1) is 12.2. The molecule has 0 saturated heterocycles. The predicted octanol–water partition coefficient (Wildman–Crippen LogP) is 3.29. The molecule has 1 aliphatic rings. The van der Waals surface area contributed by atoms with Crippen LogP contribution in [0.5, 0.6) is 0 Å². The average molecular weight is 336 g/mol. The Morgan fingerprint density at radius 2 is 2.08 bits per heavy atom. The van der Waals surface area contributed by atoms with Gasteiger partial charge in [-0.2, -0.15) is 0 Å². The van der Waals surface area contributed by atoms with E-state index in [1.54, 1.807) is 36.5 Å². The van der Waals surface area contributed by atoms with Gasteiger partial charge in [0.2, 0.25) is 0 Å². The molecule has 0 bridgehead atoms. The van der Waals surface area contributed by atoms with E-state index in [-0.39, 0.29) is 12.5 Å². The summed E-state index contributed by atoms with van der Waals surface area (Å²) in [5.41, 5.74) is 3.45. The summed E-state index contributed by atoms with van der Waals surface area (Å²) >= 11 is 0. The van der Waals surface area contributed by atoms with E-state index >= 15 is 0 Å². The van der Waals surface area contributed by atoms with E-state index in [0.717, 1.165) is 29.6 Å². The van der Waals surface area contributed by atoms with E-state index in [0.29, 0.717) is 17.3 Å². The van der Waals surface area contributed by atoms with Crippen LogP contribution in [0.3, 0.4) is 0 Å². The topological polar surface area (TPSA) is 80.0 Å². The summed E-state index contributed by atoms with van der Waals surface area (Å²) in [7, 11) is 0. The molecule has 1 saturated carbocycles. The maximum absolute atomic E-state index is 12.5. The normalized spacial score (nSPS) is 14.9. The molecule has 3 aromatic rings. The number of aromatic nitrogens is 3. The zero-order chi connectivity index (χ0) is 17.2. The van der Waals surface area contributed by atoms with Gasteiger partial charge in [0, 0.05) is 17.9 Å². The Balaban J connectivity index is 1.57. The highest BCUT2D eigenvalue weighted by Crippen LogP contribution is 2.31. The summed E-state index contributed by atoms with van der Waals surface area (Å²) < 4.78 is 2.13. The van der Waals surface area contributed by atoms with Crippen molar-refractivity contribution in [2.75, 3.05) is 5.32 Å². The maximum Gasteiger partial charge on any atom is 0.257 e. The van der Waals surface area contributed by atoms with E-state index in [1.807, 2.05) is 6.33 Å². The number of hydrogen-bond acceptors (Lipinski definition) is 4. The van der Waals surface area contributed by atoms with Gasteiger partial charge in [-0.3, -0.25) is 4.79 Å². The predicted molar refractivity (Wildman–Crippen MR) is 95.4 cm³/mol. The molecule has 2 heterocycles. The van der Waals surface area contributed by atoms with Gasteiger partial charge in [-0.05, 0) is 36.6 Å². The summed E-state index contributed by atoms with van der Waals surface area (Å²) in [5.74, 6) is -0.236. The third kappa shape index (κ3) is 3.13. The molecule has 0 spiro atoms. The third-order valence-corrected chi connectivity index (χ3v) is 4.76. The van der Waals surface area contributed by atoms with Crippen LogP contribution < -0.4 is 5.32 Å². The number of anilines is 1. The lowest BCUT2D eigenvalue weighted by molar-refractivity contribution is 0.102. The maximum atomic E-state index is 12.5. The highest BCUT2D eigenvalue weighted by Gasteiger charge is 2.20. The molecule has 1 fully saturated rings. The van der Waals surface area contributed by atoms with Gasteiger partial charge in [-0.15, -0.1) is 0 Å².